The summed E-state index contributed by atoms with van der Waals surface area (Å²) in [6.07, 6.45) is 4.81. The number of aromatic nitrogens is 2. The van der Waals surface area contributed by atoms with Crippen molar-refractivity contribution in [3.8, 4) is 0 Å². The van der Waals surface area contributed by atoms with Gasteiger partial charge in [0.15, 0.2) is 0 Å². The summed E-state index contributed by atoms with van der Waals surface area (Å²) in [6.45, 7) is 4.59. The highest BCUT2D eigenvalue weighted by Gasteiger charge is 2.02. The third-order valence-electron chi connectivity index (χ3n) is 3.00. The number of imidazole rings is 1. The molecule has 0 atom stereocenters. The largest absolute Gasteiger partial charge is 0.385 e. The number of nitrogens with one attached hydrogen (secondary N) is 1. The van der Waals surface area contributed by atoms with Gasteiger partial charge in [0.2, 0.25) is 5.95 Å². The average Bonchev–Trinajstić information content (AvgIpc) is 2.84. The quantitative estimate of drug-likeness (QED) is 0.777. The van der Waals surface area contributed by atoms with Gasteiger partial charge in [-0.05, 0) is 18.9 Å². The molecule has 0 unspecified atom stereocenters. The van der Waals surface area contributed by atoms with E-state index in [4.69, 9.17) is 4.74 Å². The lowest BCUT2D eigenvalue weighted by Gasteiger charge is -2.10. The van der Waals surface area contributed by atoms with Gasteiger partial charge in [-0.2, -0.15) is 0 Å². The van der Waals surface area contributed by atoms with Crippen molar-refractivity contribution in [1.82, 2.24) is 9.55 Å². The Morgan fingerprint density at radius 2 is 2.26 bits per heavy atom. The molecule has 0 fully saturated rings. The minimum Gasteiger partial charge on any atom is -0.385 e. The predicted octanol–water partition coefficient (Wildman–Crippen LogP) is 2.84. The highest BCUT2D eigenvalue weighted by Crippen LogP contribution is 2.09. The fraction of sp³-hybridized carbons (Fsp3) is 0.400. The minimum absolute atomic E-state index is 0.773. The van der Waals surface area contributed by atoms with Crippen LogP contribution < -0.4 is 5.32 Å². The van der Waals surface area contributed by atoms with Crippen LogP contribution in [0.5, 0.6) is 0 Å². The molecule has 0 spiro atoms. The molecular formula is C15H21N3O. The summed E-state index contributed by atoms with van der Waals surface area (Å²) in [7, 11) is 1.73. The molecule has 1 aromatic carbocycles. The molecule has 0 aliphatic rings. The molecule has 0 radical (unpaired) electrons. The number of benzene rings is 1. The number of rotatable bonds is 7. The lowest BCUT2D eigenvalue weighted by Crippen LogP contribution is -2.08. The van der Waals surface area contributed by atoms with Crippen molar-refractivity contribution < 1.29 is 4.74 Å². The van der Waals surface area contributed by atoms with Crippen molar-refractivity contribution in [3.63, 3.8) is 0 Å². The van der Waals surface area contributed by atoms with E-state index in [2.05, 4.69) is 46.1 Å². The fourth-order valence-electron chi connectivity index (χ4n) is 2.04. The Kier molecular flexibility index (Phi) is 4.98. The monoisotopic (exact) mass is 259 g/mol. The zero-order valence-corrected chi connectivity index (χ0v) is 11.6. The van der Waals surface area contributed by atoms with Gasteiger partial charge in [0.25, 0.3) is 0 Å². The smallest absolute Gasteiger partial charge is 0.203 e. The zero-order chi connectivity index (χ0) is 13.5. The van der Waals surface area contributed by atoms with Crippen LogP contribution in [-0.2, 0) is 17.8 Å². The van der Waals surface area contributed by atoms with E-state index < -0.39 is 0 Å². The zero-order valence-electron chi connectivity index (χ0n) is 11.6. The first-order valence-electron chi connectivity index (χ1n) is 6.59. The van der Waals surface area contributed by atoms with Crippen LogP contribution in [0.1, 0.15) is 17.5 Å². The van der Waals surface area contributed by atoms with E-state index in [0.717, 1.165) is 32.1 Å². The van der Waals surface area contributed by atoms with Crippen molar-refractivity contribution in [2.75, 3.05) is 19.0 Å². The van der Waals surface area contributed by atoms with Crippen LogP contribution in [0, 0.1) is 6.92 Å². The molecule has 0 amide bonds. The number of aryl methyl sites for hydroxylation is 2. The van der Waals surface area contributed by atoms with Gasteiger partial charge in [-0.3, -0.25) is 0 Å². The van der Waals surface area contributed by atoms with Gasteiger partial charge in [-0.1, -0.05) is 29.8 Å². The number of hydrogen-bond acceptors (Lipinski definition) is 3. The first kappa shape index (κ1) is 13.6. The maximum atomic E-state index is 5.07. The molecule has 2 rings (SSSR count). The Morgan fingerprint density at radius 3 is 3.05 bits per heavy atom. The number of hydrogen-bond donors (Lipinski definition) is 1. The first-order valence-corrected chi connectivity index (χ1v) is 6.59. The van der Waals surface area contributed by atoms with Crippen LogP contribution in [0.25, 0.3) is 0 Å². The normalized spacial score (nSPS) is 10.6. The van der Waals surface area contributed by atoms with Gasteiger partial charge in [-0.15, -0.1) is 0 Å². The molecule has 2 aromatic rings. The van der Waals surface area contributed by atoms with E-state index in [0.29, 0.717) is 0 Å². The van der Waals surface area contributed by atoms with Crippen LogP contribution in [0.15, 0.2) is 36.7 Å². The van der Waals surface area contributed by atoms with Crippen LogP contribution >= 0.6 is 0 Å². The summed E-state index contributed by atoms with van der Waals surface area (Å²) in [5.74, 6) is 0.914. The second kappa shape index (κ2) is 6.95. The van der Waals surface area contributed by atoms with E-state index in [9.17, 15) is 0 Å². The summed E-state index contributed by atoms with van der Waals surface area (Å²) < 4.78 is 7.19. The van der Waals surface area contributed by atoms with Crippen molar-refractivity contribution in [2.45, 2.75) is 26.4 Å². The molecule has 0 aliphatic carbocycles. The summed E-state index contributed by atoms with van der Waals surface area (Å²) >= 11 is 0. The molecular weight excluding hydrogens is 238 g/mol. The summed E-state index contributed by atoms with van der Waals surface area (Å²) in [4.78, 5) is 4.34. The molecule has 1 heterocycles. The molecule has 0 aliphatic heterocycles. The maximum absolute atomic E-state index is 5.07. The van der Waals surface area contributed by atoms with Gasteiger partial charge in [0.1, 0.15) is 0 Å². The van der Waals surface area contributed by atoms with Crippen molar-refractivity contribution >= 4 is 5.95 Å². The van der Waals surface area contributed by atoms with Crippen LogP contribution in [0.2, 0.25) is 0 Å². The van der Waals surface area contributed by atoms with Gasteiger partial charge in [0, 0.05) is 39.2 Å². The molecule has 4 heteroatoms. The Morgan fingerprint density at radius 1 is 1.37 bits per heavy atom. The maximum Gasteiger partial charge on any atom is 0.203 e. The lowest BCUT2D eigenvalue weighted by molar-refractivity contribution is 0.190. The first-order chi connectivity index (χ1) is 9.29. The van der Waals surface area contributed by atoms with Crippen molar-refractivity contribution in [3.05, 3.63) is 47.8 Å². The molecule has 19 heavy (non-hydrogen) atoms. The van der Waals surface area contributed by atoms with Crippen molar-refractivity contribution in [2.24, 2.45) is 0 Å². The molecule has 102 valence electrons. The molecule has 0 saturated carbocycles. The molecule has 0 saturated heterocycles. The van der Waals surface area contributed by atoms with Crippen LogP contribution in [-0.4, -0.2) is 23.3 Å². The number of nitrogens with zero attached hydrogens (tertiary/aromatic N) is 2. The van der Waals surface area contributed by atoms with E-state index in [1.807, 2.05) is 12.4 Å². The Balaban J connectivity index is 1.90. The number of anilines is 1. The second-order valence-corrected chi connectivity index (χ2v) is 4.63. The summed E-state index contributed by atoms with van der Waals surface area (Å²) in [5.41, 5.74) is 2.55. The van der Waals surface area contributed by atoms with E-state index in [-0.39, 0.29) is 0 Å². The van der Waals surface area contributed by atoms with E-state index in [1.54, 1.807) is 7.11 Å². The van der Waals surface area contributed by atoms with E-state index >= 15 is 0 Å². The topological polar surface area (TPSA) is 39.1 Å². The lowest BCUT2D eigenvalue weighted by atomic mass is 10.1. The van der Waals surface area contributed by atoms with Gasteiger partial charge in [0.05, 0.1) is 0 Å². The van der Waals surface area contributed by atoms with Crippen LogP contribution in [0.3, 0.4) is 0 Å². The molecule has 1 aromatic heterocycles. The van der Waals surface area contributed by atoms with Gasteiger partial charge >= 0.3 is 0 Å². The summed E-state index contributed by atoms with van der Waals surface area (Å²) in [5, 5.41) is 3.37. The number of ether oxygens (including phenoxy) is 1. The second-order valence-electron chi connectivity index (χ2n) is 4.63. The molecule has 4 nitrogen and oxygen atoms in total. The highest BCUT2D eigenvalue weighted by atomic mass is 16.5. The molecule has 1 N–H and O–H groups in total. The SMILES string of the molecule is COCCCn1ccnc1NCc1cccc(C)c1. The van der Waals surface area contributed by atoms with Gasteiger partial charge in [-0.25, -0.2) is 4.98 Å². The highest BCUT2D eigenvalue weighted by molar-refractivity contribution is 5.30. The third-order valence-corrected chi connectivity index (χ3v) is 3.00. The Labute approximate surface area is 114 Å². The third kappa shape index (κ3) is 4.10. The average molecular weight is 259 g/mol. The predicted molar refractivity (Wildman–Crippen MR) is 77.2 cm³/mol. The number of methoxy groups -OCH3 is 1. The summed E-state index contributed by atoms with van der Waals surface area (Å²) in [6, 6.07) is 8.50. The van der Waals surface area contributed by atoms with E-state index in [1.165, 1.54) is 11.1 Å². The standard InChI is InChI=1S/C15H21N3O/c1-13-5-3-6-14(11-13)12-17-15-16-7-9-18(15)8-4-10-19-2/h3,5-7,9,11H,4,8,10,12H2,1-2H3,(H,16,17). The fourth-order valence-corrected chi connectivity index (χ4v) is 2.04. The Bertz CT molecular complexity index is 508. The van der Waals surface area contributed by atoms with Crippen LogP contribution in [0.4, 0.5) is 5.95 Å². The van der Waals surface area contributed by atoms with Crippen molar-refractivity contribution in [1.29, 1.82) is 0 Å². The Hall–Kier alpha value is -1.81. The van der Waals surface area contributed by atoms with Gasteiger partial charge < -0.3 is 14.6 Å². The minimum atomic E-state index is 0.773. The molecule has 0 bridgehead atoms.